The van der Waals surface area contributed by atoms with Gasteiger partial charge < -0.3 is 0 Å². The molecule has 0 saturated heterocycles. The number of aromatic nitrogens is 2. The van der Waals surface area contributed by atoms with Gasteiger partial charge in [0, 0.05) is 23.5 Å². The van der Waals surface area contributed by atoms with E-state index in [2.05, 4.69) is 180 Å². The normalized spacial score (nSPS) is 12.3. The minimum Gasteiger partial charge on any atom is -0.256 e. The minimum atomic E-state index is -0.620. The zero-order chi connectivity index (χ0) is 38.3. The number of nitrogens with zero attached hydrogens (tertiary/aromatic N) is 4. The summed E-state index contributed by atoms with van der Waals surface area (Å²) >= 11 is 0. The molecule has 2 aromatic heterocycles. The zero-order valence-electron chi connectivity index (χ0n) is 30.8. The maximum Gasteiger partial charge on any atom is 0.0992 e. The molecule has 0 radical (unpaired) electrons. The van der Waals surface area contributed by atoms with Crippen LogP contribution in [0, 0.1) is 22.7 Å². The number of benzene rings is 7. The lowest BCUT2D eigenvalue weighted by atomic mass is 9.67. The van der Waals surface area contributed by atoms with E-state index in [0.717, 1.165) is 44.8 Å². The average molecular weight is 725 g/mol. The van der Waals surface area contributed by atoms with Crippen molar-refractivity contribution in [2.75, 3.05) is 0 Å². The number of hydrogen-bond acceptors (Lipinski definition) is 4. The van der Waals surface area contributed by atoms with E-state index in [1.165, 1.54) is 44.2 Å². The van der Waals surface area contributed by atoms with E-state index in [4.69, 9.17) is 0 Å². The molecule has 1 aliphatic carbocycles. The molecule has 0 bridgehead atoms. The summed E-state index contributed by atoms with van der Waals surface area (Å²) in [6.45, 7) is 0. The first-order valence-corrected chi connectivity index (χ1v) is 18.9. The van der Waals surface area contributed by atoms with Gasteiger partial charge in [0.05, 0.1) is 40.1 Å². The smallest absolute Gasteiger partial charge is 0.0992 e. The van der Waals surface area contributed by atoms with Crippen LogP contribution in [0.5, 0.6) is 0 Å². The van der Waals surface area contributed by atoms with Gasteiger partial charge >= 0.3 is 0 Å². The Labute approximate surface area is 331 Å². The van der Waals surface area contributed by atoms with Crippen molar-refractivity contribution in [3.05, 3.63) is 228 Å². The summed E-state index contributed by atoms with van der Waals surface area (Å²) in [5.41, 5.74) is 15.9. The van der Waals surface area contributed by atoms with E-state index in [-0.39, 0.29) is 0 Å². The fraction of sp³-hybridized carbons (Fsp3) is 0.0189. The fourth-order valence-electron chi connectivity index (χ4n) is 8.73. The van der Waals surface area contributed by atoms with E-state index in [0.29, 0.717) is 11.1 Å². The second kappa shape index (κ2) is 13.7. The lowest BCUT2D eigenvalue weighted by Crippen LogP contribution is -2.28. The monoisotopic (exact) mass is 724 g/mol. The summed E-state index contributed by atoms with van der Waals surface area (Å²) in [4.78, 5) is 9.09. The van der Waals surface area contributed by atoms with Crippen molar-refractivity contribution in [3.63, 3.8) is 0 Å². The third kappa shape index (κ3) is 5.51. The van der Waals surface area contributed by atoms with Crippen LogP contribution in [0.1, 0.15) is 33.4 Å². The van der Waals surface area contributed by atoms with E-state index >= 15 is 0 Å². The van der Waals surface area contributed by atoms with Crippen LogP contribution < -0.4 is 0 Å². The number of fused-ring (bicyclic) bond motifs is 5. The third-order valence-corrected chi connectivity index (χ3v) is 11.3. The van der Waals surface area contributed by atoms with Crippen LogP contribution in [-0.2, 0) is 5.41 Å². The Bertz CT molecular complexity index is 3020. The molecular formula is C53H32N4. The van der Waals surface area contributed by atoms with Crippen LogP contribution in [0.3, 0.4) is 0 Å². The first-order chi connectivity index (χ1) is 28.1. The van der Waals surface area contributed by atoms with Crippen molar-refractivity contribution in [1.29, 1.82) is 10.5 Å². The van der Waals surface area contributed by atoms with Crippen molar-refractivity contribution >= 4 is 10.8 Å². The summed E-state index contributed by atoms with van der Waals surface area (Å²) in [6.07, 6.45) is 3.38. The van der Waals surface area contributed by atoms with Crippen molar-refractivity contribution in [3.8, 4) is 68.0 Å². The van der Waals surface area contributed by atoms with Crippen molar-refractivity contribution < 1.29 is 0 Å². The zero-order valence-corrected chi connectivity index (χ0v) is 30.8. The molecule has 2 heterocycles. The molecule has 7 aromatic carbocycles. The Balaban J connectivity index is 1.20. The third-order valence-electron chi connectivity index (χ3n) is 11.3. The highest BCUT2D eigenvalue weighted by Gasteiger charge is 2.47. The number of nitriles is 2. The largest absolute Gasteiger partial charge is 0.256 e. The van der Waals surface area contributed by atoms with Gasteiger partial charge in [0.2, 0.25) is 0 Å². The molecule has 0 unspecified atom stereocenters. The van der Waals surface area contributed by atoms with Crippen molar-refractivity contribution in [1.82, 2.24) is 9.97 Å². The Morgan fingerprint density at radius 1 is 0.386 bits per heavy atom. The average Bonchev–Trinajstić information content (AvgIpc) is 3.60. The van der Waals surface area contributed by atoms with Crippen LogP contribution in [0.15, 0.2) is 194 Å². The molecule has 10 rings (SSSR count). The highest BCUT2D eigenvalue weighted by atomic mass is 14.7. The molecule has 0 atom stereocenters. The van der Waals surface area contributed by atoms with Crippen LogP contribution in [-0.4, -0.2) is 9.97 Å². The van der Waals surface area contributed by atoms with E-state index in [1.54, 1.807) is 24.5 Å². The molecule has 264 valence electrons. The molecule has 0 spiro atoms. The topological polar surface area (TPSA) is 73.4 Å². The predicted octanol–water partition coefficient (Wildman–Crippen LogP) is 12.4. The maximum absolute atomic E-state index is 9.50. The number of hydrogen-bond donors (Lipinski definition) is 0. The van der Waals surface area contributed by atoms with E-state index < -0.39 is 5.41 Å². The van der Waals surface area contributed by atoms with Gasteiger partial charge in [-0.25, -0.2) is 0 Å². The first-order valence-electron chi connectivity index (χ1n) is 18.9. The van der Waals surface area contributed by atoms with Crippen LogP contribution in [0.2, 0.25) is 0 Å². The molecular weight excluding hydrogens is 693 g/mol. The lowest BCUT2D eigenvalue weighted by Gasteiger charge is -2.34. The van der Waals surface area contributed by atoms with Gasteiger partial charge in [0.25, 0.3) is 0 Å². The van der Waals surface area contributed by atoms with Crippen LogP contribution >= 0.6 is 0 Å². The molecule has 0 N–H and O–H groups in total. The molecule has 0 saturated carbocycles. The highest BCUT2D eigenvalue weighted by Crippen LogP contribution is 2.59. The number of pyridine rings is 2. The fourth-order valence-corrected chi connectivity index (χ4v) is 8.73. The molecule has 0 aliphatic heterocycles. The van der Waals surface area contributed by atoms with Gasteiger partial charge in [-0.2, -0.15) is 10.5 Å². The maximum atomic E-state index is 9.50. The SMILES string of the molecule is N#Cc1ccnc(-c2ccc(-c3ccc4c(c3)C(c3ccccc3)(c3ccccc3)c3cc(-c5ccc(-c6cc(C#N)ccn6)cc5)c5ccccc5c3-4)cc2)c1. The lowest BCUT2D eigenvalue weighted by molar-refractivity contribution is 0.769. The van der Waals surface area contributed by atoms with Crippen LogP contribution in [0.4, 0.5) is 0 Å². The quantitative estimate of drug-likeness (QED) is 0.171. The minimum absolute atomic E-state index is 0.589. The Morgan fingerprint density at radius 2 is 0.877 bits per heavy atom. The molecule has 1 aliphatic rings. The summed E-state index contributed by atoms with van der Waals surface area (Å²) in [5.74, 6) is 0. The van der Waals surface area contributed by atoms with Crippen molar-refractivity contribution in [2.24, 2.45) is 0 Å². The van der Waals surface area contributed by atoms with Crippen molar-refractivity contribution in [2.45, 2.75) is 5.41 Å². The van der Waals surface area contributed by atoms with Gasteiger partial charge in [0.1, 0.15) is 0 Å². The predicted molar refractivity (Wildman–Crippen MR) is 228 cm³/mol. The van der Waals surface area contributed by atoms with Gasteiger partial charge in [-0.15, -0.1) is 0 Å². The van der Waals surface area contributed by atoms with E-state index in [9.17, 15) is 10.5 Å². The molecule has 0 fully saturated rings. The van der Waals surface area contributed by atoms with E-state index in [1.807, 2.05) is 12.1 Å². The summed E-state index contributed by atoms with van der Waals surface area (Å²) in [6, 6.07) is 68.6. The second-order valence-corrected chi connectivity index (χ2v) is 14.4. The van der Waals surface area contributed by atoms with Gasteiger partial charge in [-0.1, -0.05) is 146 Å². The molecule has 57 heavy (non-hydrogen) atoms. The second-order valence-electron chi connectivity index (χ2n) is 14.4. The summed E-state index contributed by atoms with van der Waals surface area (Å²) in [7, 11) is 0. The first kappa shape index (κ1) is 33.6. The molecule has 4 heteroatoms. The highest BCUT2D eigenvalue weighted by molar-refractivity contribution is 6.10. The summed E-state index contributed by atoms with van der Waals surface area (Å²) in [5, 5.41) is 21.3. The Morgan fingerprint density at radius 3 is 1.44 bits per heavy atom. The molecule has 4 nitrogen and oxygen atoms in total. The Hall–Kier alpha value is -7.92. The molecule has 0 amide bonds. The summed E-state index contributed by atoms with van der Waals surface area (Å²) < 4.78 is 0. The Kier molecular flexibility index (Phi) is 8.11. The van der Waals surface area contributed by atoms with Gasteiger partial charge in [0.15, 0.2) is 0 Å². The van der Waals surface area contributed by atoms with Gasteiger partial charge in [-0.05, 0) is 103 Å². The molecule has 9 aromatic rings. The van der Waals surface area contributed by atoms with Crippen LogP contribution in [0.25, 0.3) is 66.7 Å². The van der Waals surface area contributed by atoms with Gasteiger partial charge in [-0.3, -0.25) is 9.97 Å². The number of rotatable bonds is 6. The standard InChI is InChI=1S/C53H32N4/c54-33-35-25-27-56-50(29-35)39-19-15-37(16-20-39)41-23-24-46-48(31-41)53(42-9-3-1-4-10-42,43-11-5-2-6-12-43)49-32-47(44-13-7-8-14-45(44)52(46)49)38-17-21-40(22-18-38)51-30-36(34-55)26-28-57-51/h1-32H.